The van der Waals surface area contributed by atoms with Crippen molar-refractivity contribution in [1.82, 2.24) is 0 Å². The van der Waals surface area contributed by atoms with Gasteiger partial charge in [0.05, 0.1) is 0 Å². The predicted octanol–water partition coefficient (Wildman–Crippen LogP) is 2.06. The van der Waals surface area contributed by atoms with Crippen molar-refractivity contribution in [2.24, 2.45) is 0 Å². The molecule has 0 fully saturated rings. The van der Waals surface area contributed by atoms with Crippen molar-refractivity contribution in [3.63, 3.8) is 0 Å². The summed E-state index contributed by atoms with van der Waals surface area (Å²) in [5, 5.41) is 7.00. The topological polar surface area (TPSA) is 37.3 Å². The number of rotatable bonds is 3. The van der Waals surface area contributed by atoms with Crippen LogP contribution in [0.25, 0.3) is 6.08 Å². The number of aliphatic hydroxyl groups excluding tert-OH is 1. The Kier molecular flexibility index (Phi) is 8.29. The third-order valence-electron chi connectivity index (χ3n) is 1.39. The van der Waals surface area contributed by atoms with Crippen LogP contribution in [-0.2, 0) is 4.79 Å². The molecule has 0 unspecified atom stereocenters. The lowest BCUT2D eigenvalue weighted by molar-refractivity contribution is -0.104. The SMILES string of the molecule is CO.O=CC=CC=Cc1ccccc1. The Labute approximate surface area is 84.2 Å². The van der Waals surface area contributed by atoms with E-state index in [9.17, 15) is 4.79 Å². The summed E-state index contributed by atoms with van der Waals surface area (Å²) in [5.41, 5.74) is 1.13. The number of carbonyl (C=O) groups is 1. The monoisotopic (exact) mass is 190 g/mol. The molecule has 0 aromatic heterocycles. The number of benzene rings is 1. The first kappa shape index (κ1) is 12.3. The molecule has 0 aliphatic heterocycles. The second-order valence-electron chi connectivity index (χ2n) is 2.29. The van der Waals surface area contributed by atoms with E-state index in [-0.39, 0.29) is 0 Å². The summed E-state index contributed by atoms with van der Waals surface area (Å²) in [5.74, 6) is 0. The highest BCUT2D eigenvalue weighted by Gasteiger charge is 1.78. The summed E-state index contributed by atoms with van der Waals surface area (Å²) >= 11 is 0. The van der Waals surface area contributed by atoms with Gasteiger partial charge in [-0.3, -0.25) is 4.79 Å². The fourth-order valence-corrected chi connectivity index (χ4v) is 0.840. The Hall–Kier alpha value is -1.67. The third kappa shape index (κ3) is 5.91. The normalized spacial score (nSPS) is 9.86. The number of hydrogen-bond donors (Lipinski definition) is 1. The van der Waals surface area contributed by atoms with E-state index in [2.05, 4.69) is 0 Å². The van der Waals surface area contributed by atoms with E-state index >= 15 is 0 Å². The van der Waals surface area contributed by atoms with Crippen molar-refractivity contribution in [3.8, 4) is 0 Å². The quantitative estimate of drug-likeness (QED) is 0.450. The van der Waals surface area contributed by atoms with E-state index in [4.69, 9.17) is 5.11 Å². The molecular formula is C12H14O2. The molecule has 14 heavy (non-hydrogen) atoms. The van der Waals surface area contributed by atoms with Gasteiger partial charge in [-0.2, -0.15) is 0 Å². The molecule has 0 saturated heterocycles. The largest absolute Gasteiger partial charge is 0.400 e. The fraction of sp³-hybridized carbons (Fsp3) is 0.0833. The molecule has 1 N–H and O–H groups in total. The minimum absolute atomic E-state index is 0.759. The molecule has 0 heterocycles. The number of aliphatic hydroxyl groups is 1. The van der Waals surface area contributed by atoms with E-state index in [1.807, 2.05) is 42.5 Å². The highest BCUT2D eigenvalue weighted by Crippen LogP contribution is 2.00. The van der Waals surface area contributed by atoms with Crippen molar-refractivity contribution >= 4 is 12.4 Å². The molecule has 2 nitrogen and oxygen atoms in total. The lowest BCUT2D eigenvalue weighted by Gasteiger charge is -1.87. The van der Waals surface area contributed by atoms with Gasteiger partial charge >= 0.3 is 0 Å². The number of hydrogen-bond acceptors (Lipinski definition) is 2. The van der Waals surface area contributed by atoms with Gasteiger partial charge in [0, 0.05) is 7.11 Å². The van der Waals surface area contributed by atoms with Crippen LogP contribution in [0, 0.1) is 0 Å². The molecule has 0 aliphatic rings. The smallest absolute Gasteiger partial charge is 0.142 e. The zero-order chi connectivity index (χ0) is 10.6. The van der Waals surface area contributed by atoms with E-state index in [0.717, 1.165) is 19.0 Å². The molecule has 0 radical (unpaired) electrons. The van der Waals surface area contributed by atoms with Crippen molar-refractivity contribution in [2.75, 3.05) is 7.11 Å². The minimum Gasteiger partial charge on any atom is -0.400 e. The Morgan fingerprint density at radius 3 is 2.21 bits per heavy atom. The van der Waals surface area contributed by atoms with Crippen LogP contribution in [0.2, 0.25) is 0 Å². The third-order valence-corrected chi connectivity index (χ3v) is 1.39. The zero-order valence-corrected chi connectivity index (χ0v) is 8.13. The van der Waals surface area contributed by atoms with Crippen LogP contribution >= 0.6 is 0 Å². The Balaban J connectivity index is 0.000000791. The molecule has 1 aromatic rings. The number of aldehydes is 1. The molecular weight excluding hydrogens is 176 g/mol. The summed E-state index contributed by atoms with van der Waals surface area (Å²) in [6.07, 6.45) is 7.71. The standard InChI is InChI=1S/C11H10O.CH4O/c12-10-6-2-5-9-11-7-3-1-4-8-11;1-2/h1-10H;2H,1H3. The summed E-state index contributed by atoms with van der Waals surface area (Å²) in [4.78, 5) is 9.90. The highest BCUT2D eigenvalue weighted by molar-refractivity contribution is 5.66. The van der Waals surface area contributed by atoms with Crippen LogP contribution in [0.1, 0.15) is 5.56 Å². The first-order valence-corrected chi connectivity index (χ1v) is 4.22. The van der Waals surface area contributed by atoms with Crippen LogP contribution in [-0.4, -0.2) is 18.5 Å². The molecule has 74 valence electrons. The van der Waals surface area contributed by atoms with E-state index in [1.165, 1.54) is 6.08 Å². The fourth-order valence-electron chi connectivity index (χ4n) is 0.840. The van der Waals surface area contributed by atoms with E-state index < -0.39 is 0 Å². The van der Waals surface area contributed by atoms with Crippen LogP contribution in [0.4, 0.5) is 0 Å². The second kappa shape index (κ2) is 9.42. The van der Waals surface area contributed by atoms with Crippen molar-refractivity contribution in [3.05, 3.63) is 54.1 Å². The van der Waals surface area contributed by atoms with Gasteiger partial charge in [0.15, 0.2) is 0 Å². The average Bonchev–Trinajstić information content (AvgIpc) is 2.29. The summed E-state index contributed by atoms with van der Waals surface area (Å²) in [6, 6.07) is 9.93. The van der Waals surface area contributed by atoms with Crippen LogP contribution < -0.4 is 0 Å². The van der Waals surface area contributed by atoms with E-state index in [1.54, 1.807) is 6.08 Å². The molecule has 2 heteroatoms. The molecule has 1 rings (SSSR count). The maximum absolute atomic E-state index is 9.90. The Morgan fingerprint density at radius 1 is 1.00 bits per heavy atom. The Morgan fingerprint density at radius 2 is 1.64 bits per heavy atom. The van der Waals surface area contributed by atoms with Crippen LogP contribution in [0.3, 0.4) is 0 Å². The van der Waals surface area contributed by atoms with Gasteiger partial charge in [-0.1, -0.05) is 48.6 Å². The summed E-state index contributed by atoms with van der Waals surface area (Å²) < 4.78 is 0. The highest BCUT2D eigenvalue weighted by atomic mass is 16.2. The molecule has 0 amide bonds. The molecule has 0 atom stereocenters. The summed E-state index contributed by atoms with van der Waals surface area (Å²) in [6.45, 7) is 0. The lowest BCUT2D eigenvalue weighted by atomic mass is 10.2. The Bertz CT molecular complexity index is 286. The predicted molar refractivity (Wildman–Crippen MR) is 58.8 cm³/mol. The molecule has 1 aromatic carbocycles. The van der Waals surface area contributed by atoms with Gasteiger partial charge in [-0.25, -0.2) is 0 Å². The molecule has 0 saturated carbocycles. The van der Waals surface area contributed by atoms with E-state index in [0.29, 0.717) is 0 Å². The van der Waals surface area contributed by atoms with Crippen molar-refractivity contribution in [2.45, 2.75) is 0 Å². The zero-order valence-electron chi connectivity index (χ0n) is 8.13. The maximum Gasteiger partial charge on any atom is 0.142 e. The van der Waals surface area contributed by atoms with Crippen molar-refractivity contribution in [1.29, 1.82) is 0 Å². The molecule has 0 spiro atoms. The van der Waals surface area contributed by atoms with Crippen LogP contribution in [0.5, 0.6) is 0 Å². The first-order chi connectivity index (χ1) is 6.93. The van der Waals surface area contributed by atoms with Crippen molar-refractivity contribution < 1.29 is 9.90 Å². The number of allylic oxidation sites excluding steroid dienone is 3. The lowest BCUT2D eigenvalue weighted by Crippen LogP contribution is -1.66. The average molecular weight is 190 g/mol. The number of carbonyl (C=O) groups excluding carboxylic acids is 1. The molecule has 0 aliphatic carbocycles. The van der Waals surface area contributed by atoms with Gasteiger partial charge in [0.1, 0.15) is 6.29 Å². The van der Waals surface area contributed by atoms with Gasteiger partial charge in [-0.15, -0.1) is 0 Å². The molecule has 0 bridgehead atoms. The second-order valence-corrected chi connectivity index (χ2v) is 2.29. The summed E-state index contributed by atoms with van der Waals surface area (Å²) in [7, 11) is 1.00. The van der Waals surface area contributed by atoms with Gasteiger partial charge in [0.25, 0.3) is 0 Å². The van der Waals surface area contributed by atoms with Gasteiger partial charge in [0.2, 0.25) is 0 Å². The van der Waals surface area contributed by atoms with Gasteiger partial charge < -0.3 is 5.11 Å². The minimum atomic E-state index is 0.759. The van der Waals surface area contributed by atoms with Gasteiger partial charge in [-0.05, 0) is 11.6 Å². The maximum atomic E-state index is 9.90. The first-order valence-electron chi connectivity index (χ1n) is 4.22. The van der Waals surface area contributed by atoms with Crippen LogP contribution in [0.15, 0.2) is 48.6 Å².